The molecule has 0 unspecified atom stereocenters. The fraction of sp³-hybridized carbons (Fsp3) is 0.520. The number of nitrogens with zero attached hydrogens (tertiary/aromatic N) is 5. The van der Waals surface area contributed by atoms with Crippen LogP contribution in [0.4, 0.5) is 21.1 Å². The second-order valence-corrected chi connectivity index (χ2v) is 10.5. The Labute approximate surface area is 215 Å². The normalized spacial score (nSPS) is 16.6. The summed E-state index contributed by atoms with van der Waals surface area (Å²) in [5.74, 6) is 1.81. The molecule has 0 aliphatic carbocycles. The molecule has 0 spiro atoms. The molecule has 1 aromatic heterocycles. The second kappa shape index (κ2) is 10.4. The SMILES string of the molecule is COc1cc(OC)cc(N2Cc3cnc(SC)nc3N(C3CCN(C(=O)OC(C)(C)C)CC3)C2=O)c1. The van der Waals surface area contributed by atoms with E-state index >= 15 is 0 Å². The fourth-order valence-corrected chi connectivity index (χ4v) is 4.71. The molecule has 1 saturated heterocycles. The van der Waals surface area contributed by atoms with Crippen molar-refractivity contribution >= 4 is 35.4 Å². The first kappa shape index (κ1) is 25.9. The van der Waals surface area contributed by atoms with E-state index in [1.54, 1.807) is 41.2 Å². The minimum absolute atomic E-state index is 0.130. The van der Waals surface area contributed by atoms with Crippen molar-refractivity contribution in [2.24, 2.45) is 0 Å². The van der Waals surface area contributed by atoms with Crippen molar-refractivity contribution in [1.29, 1.82) is 0 Å². The number of hydrogen-bond donors (Lipinski definition) is 0. The van der Waals surface area contributed by atoms with Crippen LogP contribution in [0.5, 0.6) is 11.5 Å². The van der Waals surface area contributed by atoms with Crippen LogP contribution in [0.25, 0.3) is 0 Å². The summed E-state index contributed by atoms with van der Waals surface area (Å²) >= 11 is 1.43. The first-order valence-corrected chi connectivity index (χ1v) is 13.1. The first-order chi connectivity index (χ1) is 17.1. The Bertz CT molecular complexity index is 1110. The van der Waals surface area contributed by atoms with Gasteiger partial charge in [-0.25, -0.2) is 19.6 Å². The van der Waals surface area contributed by atoms with Gasteiger partial charge in [-0.2, -0.15) is 0 Å². The zero-order valence-corrected chi connectivity index (χ0v) is 22.4. The number of aromatic nitrogens is 2. The molecule has 194 valence electrons. The van der Waals surface area contributed by atoms with Crippen molar-refractivity contribution < 1.29 is 23.8 Å². The number of ether oxygens (including phenoxy) is 3. The van der Waals surface area contributed by atoms with E-state index in [9.17, 15) is 9.59 Å². The fourth-order valence-electron chi connectivity index (χ4n) is 4.37. The minimum Gasteiger partial charge on any atom is -0.497 e. The van der Waals surface area contributed by atoms with Crippen molar-refractivity contribution in [3.63, 3.8) is 0 Å². The van der Waals surface area contributed by atoms with Crippen molar-refractivity contribution in [2.45, 2.75) is 57.0 Å². The number of fused-ring (bicyclic) bond motifs is 1. The third-order valence-electron chi connectivity index (χ3n) is 6.12. The summed E-state index contributed by atoms with van der Waals surface area (Å²) in [4.78, 5) is 40.9. The number of anilines is 2. The maximum atomic E-state index is 14.0. The molecule has 11 heteroatoms. The number of amides is 3. The van der Waals surface area contributed by atoms with Gasteiger partial charge in [0.1, 0.15) is 22.9 Å². The maximum absolute atomic E-state index is 14.0. The van der Waals surface area contributed by atoms with Crippen LogP contribution in [-0.2, 0) is 11.3 Å². The number of thioether (sulfide) groups is 1. The van der Waals surface area contributed by atoms with E-state index in [1.165, 1.54) is 11.8 Å². The van der Waals surface area contributed by atoms with Crippen LogP contribution < -0.4 is 19.3 Å². The van der Waals surface area contributed by atoms with E-state index in [2.05, 4.69) is 4.98 Å². The van der Waals surface area contributed by atoms with E-state index in [-0.39, 0.29) is 18.2 Å². The highest BCUT2D eigenvalue weighted by Crippen LogP contribution is 2.37. The predicted molar refractivity (Wildman–Crippen MR) is 138 cm³/mol. The Kier molecular flexibility index (Phi) is 7.49. The van der Waals surface area contributed by atoms with Crippen molar-refractivity contribution in [2.75, 3.05) is 43.4 Å². The molecule has 3 amide bonds. The van der Waals surface area contributed by atoms with Gasteiger partial charge in [-0.1, -0.05) is 11.8 Å². The summed E-state index contributed by atoms with van der Waals surface area (Å²) < 4.78 is 16.4. The molecule has 36 heavy (non-hydrogen) atoms. The first-order valence-electron chi connectivity index (χ1n) is 11.8. The number of likely N-dealkylation sites (tertiary alicyclic amines) is 1. The zero-order chi connectivity index (χ0) is 26.0. The molecule has 0 saturated carbocycles. The lowest BCUT2D eigenvalue weighted by Gasteiger charge is -2.43. The van der Waals surface area contributed by atoms with E-state index in [1.807, 2.05) is 39.2 Å². The van der Waals surface area contributed by atoms with Gasteiger partial charge in [0.2, 0.25) is 0 Å². The van der Waals surface area contributed by atoms with E-state index < -0.39 is 5.60 Å². The lowest BCUT2D eigenvalue weighted by Crippen LogP contribution is -2.56. The quantitative estimate of drug-likeness (QED) is 0.422. The Balaban J connectivity index is 1.64. The molecule has 0 atom stereocenters. The monoisotopic (exact) mass is 515 g/mol. The van der Waals surface area contributed by atoms with Gasteiger partial charge in [-0.3, -0.25) is 9.80 Å². The van der Waals surface area contributed by atoms with Crippen LogP contribution >= 0.6 is 11.8 Å². The number of carbonyl (C=O) groups is 2. The molecule has 1 fully saturated rings. The minimum atomic E-state index is -0.556. The average molecular weight is 516 g/mol. The molecule has 1 aromatic carbocycles. The van der Waals surface area contributed by atoms with Crippen LogP contribution in [-0.4, -0.2) is 72.2 Å². The lowest BCUT2D eigenvalue weighted by molar-refractivity contribution is 0.0206. The summed E-state index contributed by atoms with van der Waals surface area (Å²) in [5, 5.41) is 0.606. The van der Waals surface area contributed by atoms with Gasteiger partial charge in [0.05, 0.1) is 26.5 Å². The van der Waals surface area contributed by atoms with Gasteiger partial charge in [-0.15, -0.1) is 0 Å². The van der Waals surface area contributed by atoms with Gasteiger partial charge >= 0.3 is 12.1 Å². The van der Waals surface area contributed by atoms with Gasteiger partial charge in [0.15, 0.2) is 5.16 Å². The molecule has 10 nitrogen and oxygen atoms in total. The molecule has 2 aliphatic rings. The highest BCUT2D eigenvalue weighted by Gasteiger charge is 2.40. The molecular weight excluding hydrogens is 482 g/mol. The number of benzene rings is 1. The van der Waals surface area contributed by atoms with Crippen molar-refractivity contribution in [1.82, 2.24) is 14.9 Å². The van der Waals surface area contributed by atoms with E-state index in [4.69, 9.17) is 19.2 Å². The van der Waals surface area contributed by atoms with E-state index in [0.29, 0.717) is 60.6 Å². The van der Waals surface area contributed by atoms with Gasteiger partial charge in [-0.05, 0) is 39.9 Å². The molecule has 2 aromatic rings. The third kappa shape index (κ3) is 5.45. The van der Waals surface area contributed by atoms with Crippen LogP contribution in [0.1, 0.15) is 39.2 Å². The Morgan fingerprint density at radius 3 is 2.28 bits per heavy atom. The van der Waals surface area contributed by atoms with Gasteiger partial charge < -0.3 is 19.1 Å². The smallest absolute Gasteiger partial charge is 0.410 e. The Hall–Kier alpha value is -3.21. The number of methoxy groups -OCH3 is 2. The largest absolute Gasteiger partial charge is 0.497 e. The summed E-state index contributed by atoms with van der Waals surface area (Å²) in [7, 11) is 3.16. The summed E-state index contributed by atoms with van der Waals surface area (Å²) in [6.07, 6.45) is 4.58. The number of piperidine rings is 1. The van der Waals surface area contributed by atoms with E-state index in [0.717, 1.165) is 5.56 Å². The van der Waals surface area contributed by atoms with Gasteiger partial charge in [0, 0.05) is 49.1 Å². The Morgan fingerprint density at radius 1 is 1.08 bits per heavy atom. The number of hydrogen-bond acceptors (Lipinski definition) is 8. The molecule has 0 radical (unpaired) electrons. The lowest BCUT2D eigenvalue weighted by atomic mass is 10.0. The predicted octanol–water partition coefficient (Wildman–Crippen LogP) is 4.56. The summed E-state index contributed by atoms with van der Waals surface area (Å²) in [6, 6.07) is 5.08. The topological polar surface area (TPSA) is 97.3 Å². The second-order valence-electron chi connectivity index (χ2n) is 9.71. The highest BCUT2D eigenvalue weighted by molar-refractivity contribution is 7.98. The number of rotatable bonds is 5. The Morgan fingerprint density at radius 2 is 1.72 bits per heavy atom. The third-order valence-corrected chi connectivity index (χ3v) is 6.69. The molecule has 3 heterocycles. The zero-order valence-electron chi connectivity index (χ0n) is 21.6. The van der Waals surface area contributed by atoms with Crippen molar-refractivity contribution in [3.8, 4) is 11.5 Å². The molecular formula is C25H33N5O5S. The number of carbonyl (C=O) groups excluding carboxylic acids is 2. The average Bonchev–Trinajstić information content (AvgIpc) is 2.86. The summed E-state index contributed by atoms with van der Waals surface area (Å²) in [6.45, 7) is 6.87. The van der Waals surface area contributed by atoms with Crippen LogP contribution in [0.15, 0.2) is 29.6 Å². The van der Waals surface area contributed by atoms with Crippen LogP contribution in [0.3, 0.4) is 0 Å². The molecule has 4 rings (SSSR count). The molecule has 0 bridgehead atoms. The maximum Gasteiger partial charge on any atom is 0.410 e. The van der Waals surface area contributed by atoms with Crippen LogP contribution in [0, 0.1) is 0 Å². The molecule has 2 aliphatic heterocycles. The highest BCUT2D eigenvalue weighted by atomic mass is 32.2. The van der Waals surface area contributed by atoms with Gasteiger partial charge in [0.25, 0.3) is 0 Å². The van der Waals surface area contributed by atoms with Crippen molar-refractivity contribution in [3.05, 3.63) is 30.0 Å². The number of urea groups is 1. The summed E-state index contributed by atoms with van der Waals surface area (Å²) in [5.41, 5.74) is 0.954. The molecule has 0 N–H and O–H groups in total. The standard InChI is InChI=1S/C25H33N5O5S/c1-25(2,3)35-24(32)28-9-7-17(8-10-28)30-21-16(14-26-22(27-21)36-6)15-29(23(30)31)18-11-19(33-4)13-20(12-18)34-5/h11-14,17H,7-10,15H2,1-6H3. The van der Waals surface area contributed by atoms with Crippen LogP contribution in [0.2, 0.25) is 0 Å².